The number of nitrogens with two attached hydrogens (primary N) is 1. The largest absolute Gasteiger partial charge is 0.376 e. The Morgan fingerprint density at radius 3 is 2.50 bits per heavy atom. The lowest BCUT2D eigenvalue weighted by molar-refractivity contribution is 0.0123. The van der Waals surface area contributed by atoms with Gasteiger partial charge in [-0.15, -0.1) is 0 Å². The van der Waals surface area contributed by atoms with Gasteiger partial charge in [0.1, 0.15) is 0 Å². The Kier molecular flexibility index (Phi) is 5.21. The summed E-state index contributed by atoms with van der Waals surface area (Å²) in [6, 6.07) is 10.3. The highest BCUT2D eigenvalue weighted by Crippen LogP contribution is 2.27. The Balaban J connectivity index is 1.87. The molecule has 18 heavy (non-hydrogen) atoms. The molecule has 0 radical (unpaired) electrons. The Hall–Kier alpha value is -0.860. The van der Waals surface area contributed by atoms with E-state index in [1.165, 1.54) is 31.2 Å². The van der Waals surface area contributed by atoms with Crippen molar-refractivity contribution in [3.8, 4) is 0 Å². The van der Waals surface area contributed by atoms with Crippen LogP contribution in [0.4, 0.5) is 0 Å². The van der Waals surface area contributed by atoms with Crippen LogP contribution in [0.5, 0.6) is 0 Å². The van der Waals surface area contributed by atoms with Crippen molar-refractivity contribution in [1.82, 2.24) is 0 Å². The van der Waals surface area contributed by atoms with E-state index in [9.17, 15) is 0 Å². The predicted molar refractivity (Wildman–Crippen MR) is 75.4 cm³/mol. The zero-order chi connectivity index (χ0) is 12.8. The summed E-state index contributed by atoms with van der Waals surface area (Å²) >= 11 is 0. The molecule has 0 aromatic heterocycles. The van der Waals surface area contributed by atoms with Crippen LogP contribution in [0.25, 0.3) is 0 Å². The van der Waals surface area contributed by atoms with Gasteiger partial charge in [-0.1, -0.05) is 50.1 Å². The van der Waals surface area contributed by atoms with Gasteiger partial charge in [-0.05, 0) is 30.7 Å². The van der Waals surface area contributed by atoms with Crippen molar-refractivity contribution in [2.24, 2.45) is 11.7 Å². The van der Waals surface area contributed by atoms with Crippen LogP contribution in [0.1, 0.15) is 50.6 Å². The second-order valence-electron chi connectivity index (χ2n) is 5.37. The highest BCUT2D eigenvalue weighted by molar-refractivity contribution is 5.19. The molecule has 2 N–H and O–H groups in total. The fraction of sp³-hybridized carbons (Fsp3) is 0.625. The third-order valence-corrected chi connectivity index (χ3v) is 4.01. The first-order valence-electron chi connectivity index (χ1n) is 7.23. The Morgan fingerprint density at radius 2 is 1.89 bits per heavy atom. The average molecular weight is 247 g/mol. The zero-order valence-electron chi connectivity index (χ0n) is 11.3. The van der Waals surface area contributed by atoms with Gasteiger partial charge in [-0.25, -0.2) is 0 Å². The van der Waals surface area contributed by atoms with E-state index in [2.05, 4.69) is 19.1 Å². The van der Waals surface area contributed by atoms with Crippen molar-refractivity contribution in [2.75, 3.05) is 6.61 Å². The van der Waals surface area contributed by atoms with Crippen molar-refractivity contribution in [3.63, 3.8) is 0 Å². The number of hydrogen-bond acceptors (Lipinski definition) is 2. The predicted octanol–water partition coefficient (Wildman–Crippen LogP) is 3.67. The fourth-order valence-corrected chi connectivity index (χ4v) is 2.80. The molecule has 0 heterocycles. The molecule has 0 aliphatic heterocycles. The van der Waals surface area contributed by atoms with E-state index in [1.807, 2.05) is 18.2 Å². The summed E-state index contributed by atoms with van der Waals surface area (Å²) in [6.45, 7) is 3.04. The highest BCUT2D eigenvalue weighted by Gasteiger charge is 2.21. The van der Waals surface area contributed by atoms with Crippen molar-refractivity contribution < 1.29 is 4.74 Å². The quantitative estimate of drug-likeness (QED) is 0.832. The van der Waals surface area contributed by atoms with E-state index in [4.69, 9.17) is 10.5 Å². The number of hydrogen-bond donors (Lipinski definition) is 1. The fourth-order valence-electron chi connectivity index (χ4n) is 2.80. The van der Waals surface area contributed by atoms with Crippen molar-refractivity contribution in [2.45, 2.75) is 51.2 Å². The van der Waals surface area contributed by atoms with Crippen LogP contribution in [0, 0.1) is 5.92 Å². The maximum absolute atomic E-state index is 6.31. The van der Waals surface area contributed by atoms with Crippen LogP contribution in [-0.2, 0) is 4.74 Å². The van der Waals surface area contributed by atoms with Crippen molar-refractivity contribution in [3.05, 3.63) is 35.9 Å². The Labute approximate surface area is 111 Å². The summed E-state index contributed by atoms with van der Waals surface area (Å²) < 4.78 is 6.07. The number of benzene rings is 1. The molecule has 1 fully saturated rings. The summed E-state index contributed by atoms with van der Waals surface area (Å²) in [6.07, 6.45) is 6.52. The lowest BCUT2D eigenvalue weighted by Crippen LogP contribution is -2.30. The molecule has 0 spiro atoms. The highest BCUT2D eigenvalue weighted by atomic mass is 16.5. The van der Waals surface area contributed by atoms with E-state index in [0.717, 1.165) is 18.9 Å². The molecule has 1 aliphatic rings. The van der Waals surface area contributed by atoms with Crippen LogP contribution in [0.15, 0.2) is 30.3 Å². The van der Waals surface area contributed by atoms with Gasteiger partial charge in [0.15, 0.2) is 0 Å². The smallest absolute Gasteiger partial charge is 0.0765 e. The molecular formula is C16H25NO. The molecule has 100 valence electrons. The zero-order valence-corrected chi connectivity index (χ0v) is 11.3. The third kappa shape index (κ3) is 3.56. The van der Waals surface area contributed by atoms with Crippen LogP contribution in [-0.4, -0.2) is 12.7 Å². The number of ether oxygens (including phenoxy) is 1. The minimum Gasteiger partial charge on any atom is -0.376 e. The monoisotopic (exact) mass is 247 g/mol. The van der Waals surface area contributed by atoms with Crippen molar-refractivity contribution >= 4 is 0 Å². The second kappa shape index (κ2) is 6.91. The molecule has 0 saturated heterocycles. The third-order valence-electron chi connectivity index (χ3n) is 4.01. The second-order valence-corrected chi connectivity index (χ2v) is 5.37. The van der Waals surface area contributed by atoms with E-state index in [1.54, 1.807) is 0 Å². The van der Waals surface area contributed by atoms with Gasteiger partial charge in [0, 0.05) is 6.61 Å². The summed E-state index contributed by atoms with van der Waals surface area (Å²) in [5, 5.41) is 0. The number of rotatable bonds is 6. The topological polar surface area (TPSA) is 35.2 Å². The van der Waals surface area contributed by atoms with Crippen LogP contribution in [0.3, 0.4) is 0 Å². The van der Waals surface area contributed by atoms with Gasteiger partial charge >= 0.3 is 0 Å². The minimum absolute atomic E-state index is 0.00222. The summed E-state index contributed by atoms with van der Waals surface area (Å²) in [5.74, 6) is 0.766. The molecule has 2 nitrogen and oxygen atoms in total. The molecule has 1 aromatic rings. The molecule has 1 saturated carbocycles. The van der Waals surface area contributed by atoms with E-state index < -0.39 is 0 Å². The average Bonchev–Trinajstić information content (AvgIpc) is 2.93. The summed E-state index contributed by atoms with van der Waals surface area (Å²) in [5.41, 5.74) is 7.49. The molecular weight excluding hydrogens is 222 g/mol. The first-order chi connectivity index (χ1) is 8.81. The van der Waals surface area contributed by atoms with Gasteiger partial charge in [0.2, 0.25) is 0 Å². The van der Waals surface area contributed by atoms with Gasteiger partial charge in [0.05, 0.1) is 12.1 Å². The van der Waals surface area contributed by atoms with Crippen LogP contribution < -0.4 is 5.73 Å². The molecule has 2 unspecified atom stereocenters. The molecule has 2 rings (SSSR count). The molecule has 2 atom stereocenters. The maximum atomic E-state index is 6.31. The molecule has 2 heteroatoms. The molecule has 0 bridgehead atoms. The van der Waals surface area contributed by atoms with E-state index >= 15 is 0 Å². The molecule has 1 aromatic carbocycles. The van der Waals surface area contributed by atoms with Gasteiger partial charge in [-0.2, -0.15) is 0 Å². The van der Waals surface area contributed by atoms with Crippen molar-refractivity contribution in [1.29, 1.82) is 0 Å². The molecule has 0 amide bonds. The Bertz CT molecular complexity index is 332. The maximum Gasteiger partial charge on any atom is 0.0765 e. The summed E-state index contributed by atoms with van der Waals surface area (Å²) in [4.78, 5) is 0. The first-order valence-corrected chi connectivity index (χ1v) is 7.23. The lowest BCUT2D eigenvalue weighted by atomic mass is 10.0. The van der Waals surface area contributed by atoms with E-state index in [-0.39, 0.29) is 12.1 Å². The normalized spacial score (nSPS) is 19.9. The Morgan fingerprint density at radius 1 is 1.22 bits per heavy atom. The van der Waals surface area contributed by atoms with Gasteiger partial charge in [-0.3, -0.25) is 0 Å². The van der Waals surface area contributed by atoms with Crippen LogP contribution >= 0.6 is 0 Å². The van der Waals surface area contributed by atoms with Gasteiger partial charge in [0.25, 0.3) is 0 Å². The summed E-state index contributed by atoms with van der Waals surface area (Å²) in [7, 11) is 0. The standard InChI is InChI=1S/C16H25NO/c1-2-15(18-12-13-8-6-7-9-13)16(17)14-10-4-3-5-11-14/h3-5,10-11,13,15-16H,2,6-9,12,17H2,1H3. The minimum atomic E-state index is -0.00222. The lowest BCUT2D eigenvalue weighted by Gasteiger charge is -2.25. The van der Waals surface area contributed by atoms with E-state index in [0.29, 0.717) is 0 Å². The SMILES string of the molecule is CCC(OCC1CCCC1)C(N)c1ccccc1. The molecule has 1 aliphatic carbocycles. The van der Waals surface area contributed by atoms with Gasteiger partial charge < -0.3 is 10.5 Å². The first kappa shape index (κ1) is 13.6. The van der Waals surface area contributed by atoms with Crippen LogP contribution in [0.2, 0.25) is 0 Å².